The van der Waals surface area contributed by atoms with E-state index in [1.54, 1.807) is 41.3 Å². The van der Waals surface area contributed by atoms with Crippen LogP contribution in [0.1, 0.15) is 22.8 Å². The van der Waals surface area contributed by atoms with Gasteiger partial charge in [-0.15, -0.1) is 11.8 Å². The first kappa shape index (κ1) is 20.0. The lowest BCUT2D eigenvalue weighted by atomic mass is 10.2. The second-order valence-corrected chi connectivity index (χ2v) is 7.76. The Bertz CT molecular complexity index is 972. The molecular formula is C21H20N2O3S2. The monoisotopic (exact) mass is 412 g/mol. The third kappa shape index (κ3) is 5.15. The number of nitrogens with one attached hydrogen (secondary N) is 2. The average Bonchev–Trinajstić information content (AvgIpc) is 3.20. The molecule has 3 aromatic rings. The summed E-state index contributed by atoms with van der Waals surface area (Å²) in [6, 6.07) is 14.7. The van der Waals surface area contributed by atoms with Crippen LogP contribution in [-0.4, -0.2) is 18.9 Å². The van der Waals surface area contributed by atoms with Crippen LogP contribution < -0.4 is 15.4 Å². The molecule has 1 aromatic heterocycles. The van der Waals surface area contributed by atoms with E-state index >= 15 is 0 Å². The molecule has 0 atom stereocenters. The molecule has 7 heteroatoms. The lowest BCUT2D eigenvalue weighted by molar-refractivity contribution is -0.114. The number of benzene rings is 2. The van der Waals surface area contributed by atoms with Crippen LogP contribution in [0.5, 0.6) is 5.75 Å². The highest BCUT2D eigenvalue weighted by Crippen LogP contribution is 2.30. The van der Waals surface area contributed by atoms with E-state index in [9.17, 15) is 9.59 Å². The molecule has 0 saturated carbocycles. The van der Waals surface area contributed by atoms with Crippen LogP contribution in [0.3, 0.4) is 0 Å². The number of hydrogen-bond acceptors (Lipinski definition) is 5. The topological polar surface area (TPSA) is 67.4 Å². The normalized spacial score (nSPS) is 10.4. The number of rotatable bonds is 7. The molecule has 5 nitrogen and oxygen atoms in total. The smallest absolute Gasteiger partial charge is 0.256 e. The first-order valence-electron chi connectivity index (χ1n) is 8.56. The Kier molecular flexibility index (Phi) is 6.73. The van der Waals surface area contributed by atoms with Crippen molar-refractivity contribution in [2.45, 2.75) is 17.6 Å². The van der Waals surface area contributed by atoms with E-state index in [1.165, 1.54) is 19.6 Å². The first-order chi connectivity index (χ1) is 13.6. The second-order valence-electron chi connectivity index (χ2n) is 5.97. The van der Waals surface area contributed by atoms with Crippen molar-refractivity contribution < 1.29 is 14.3 Å². The first-order valence-corrected chi connectivity index (χ1v) is 10.5. The Balaban J connectivity index is 1.77. The summed E-state index contributed by atoms with van der Waals surface area (Å²) in [7, 11) is 1.53. The summed E-state index contributed by atoms with van der Waals surface area (Å²) in [6.07, 6.45) is 0. The van der Waals surface area contributed by atoms with E-state index < -0.39 is 0 Å². The Labute approximate surface area is 172 Å². The molecule has 2 aromatic carbocycles. The van der Waals surface area contributed by atoms with Crippen molar-refractivity contribution >= 4 is 46.3 Å². The molecule has 0 spiro atoms. The molecule has 0 radical (unpaired) electrons. The highest BCUT2D eigenvalue weighted by Gasteiger charge is 2.13. The molecule has 0 aliphatic carbocycles. The summed E-state index contributed by atoms with van der Waals surface area (Å²) >= 11 is 3.29. The van der Waals surface area contributed by atoms with Gasteiger partial charge < -0.3 is 15.4 Å². The van der Waals surface area contributed by atoms with Gasteiger partial charge in [0.15, 0.2) is 0 Å². The minimum Gasteiger partial charge on any atom is -0.495 e. The molecule has 0 aliphatic heterocycles. The summed E-state index contributed by atoms with van der Waals surface area (Å²) in [5.41, 5.74) is 2.93. The molecule has 2 amide bonds. The zero-order valence-electron chi connectivity index (χ0n) is 15.5. The van der Waals surface area contributed by atoms with Crippen LogP contribution in [0.2, 0.25) is 0 Å². The van der Waals surface area contributed by atoms with E-state index in [2.05, 4.69) is 22.1 Å². The van der Waals surface area contributed by atoms with Crippen LogP contribution >= 0.6 is 23.1 Å². The molecule has 0 aliphatic rings. The number of carbonyl (C=O) groups is 2. The summed E-state index contributed by atoms with van der Waals surface area (Å²) in [5.74, 6) is 0.924. The SMILES string of the molecule is COc1ccc(NC(=O)c2ccccc2SCc2ccsc2)cc1NC(C)=O. The molecule has 0 saturated heterocycles. The van der Waals surface area contributed by atoms with E-state index in [0.717, 1.165) is 10.6 Å². The van der Waals surface area contributed by atoms with E-state index in [4.69, 9.17) is 4.74 Å². The van der Waals surface area contributed by atoms with Crippen molar-refractivity contribution in [1.82, 2.24) is 0 Å². The van der Waals surface area contributed by atoms with Gasteiger partial charge in [0, 0.05) is 23.3 Å². The molecule has 144 valence electrons. The minimum absolute atomic E-state index is 0.202. The maximum atomic E-state index is 12.8. The van der Waals surface area contributed by atoms with Crippen molar-refractivity contribution in [2.75, 3.05) is 17.7 Å². The van der Waals surface area contributed by atoms with Crippen molar-refractivity contribution in [3.63, 3.8) is 0 Å². The zero-order valence-corrected chi connectivity index (χ0v) is 17.2. The lowest BCUT2D eigenvalue weighted by Gasteiger charge is -2.13. The predicted molar refractivity (Wildman–Crippen MR) is 116 cm³/mol. The van der Waals surface area contributed by atoms with Crippen molar-refractivity contribution in [1.29, 1.82) is 0 Å². The number of thioether (sulfide) groups is 1. The van der Waals surface area contributed by atoms with Crippen LogP contribution in [0.15, 0.2) is 64.2 Å². The standard InChI is InChI=1S/C21H20N2O3S2/c1-14(24)22-18-11-16(7-8-19(18)26-2)23-21(25)17-5-3-4-6-20(17)28-13-15-9-10-27-12-15/h3-12H,13H2,1-2H3,(H,22,24)(H,23,25). The molecule has 1 heterocycles. The maximum absolute atomic E-state index is 12.8. The van der Waals surface area contributed by atoms with Crippen LogP contribution in [0.4, 0.5) is 11.4 Å². The number of methoxy groups -OCH3 is 1. The molecular weight excluding hydrogens is 392 g/mol. The van der Waals surface area contributed by atoms with Gasteiger partial charge in [0.05, 0.1) is 18.4 Å². The largest absolute Gasteiger partial charge is 0.495 e. The molecule has 3 rings (SSSR count). The van der Waals surface area contributed by atoms with Crippen molar-refractivity contribution in [3.05, 3.63) is 70.4 Å². The molecule has 2 N–H and O–H groups in total. The highest BCUT2D eigenvalue weighted by atomic mass is 32.2. The van der Waals surface area contributed by atoms with Gasteiger partial charge in [-0.1, -0.05) is 12.1 Å². The molecule has 28 heavy (non-hydrogen) atoms. The fourth-order valence-corrected chi connectivity index (χ4v) is 4.35. The van der Waals surface area contributed by atoms with Gasteiger partial charge in [-0.05, 0) is 52.7 Å². The van der Waals surface area contributed by atoms with Gasteiger partial charge in [-0.25, -0.2) is 0 Å². The second kappa shape index (κ2) is 9.43. The van der Waals surface area contributed by atoms with Gasteiger partial charge in [-0.2, -0.15) is 11.3 Å². The number of thiophene rings is 1. The number of ether oxygens (including phenoxy) is 1. The Morgan fingerprint density at radius 2 is 1.93 bits per heavy atom. The fourth-order valence-electron chi connectivity index (χ4n) is 2.59. The average molecular weight is 413 g/mol. The summed E-state index contributed by atoms with van der Waals surface area (Å²) in [6.45, 7) is 1.42. The van der Waals surface area contributed by atoms with Gasteiger partial charge in [0.2, 0.25) is 5.91 Å². The Morgan fingerprint density at radius 3 is 2.64 bits per heavy atom. The summed E-state index contributed by atoms with van der Waals surface area (Å²) in [5, 5.41) is 9.76. The number of anilines is 2. The maximum Gasteiger partial charge on any atom is 0.256 e. The number of hydrogen-bond donors (Lipinski definition) is 2. The fraction of sp³-hybridized carbons (Fsp3) is 0.143. The Hall–Kier alpha value is -2.77. The molecule has 0 bridgehead atoms. The predicted octanol–water partition coefficient (Wildman–Crippen LogP) is 5.26. The van der Waals surface area contributed by atoms with E-state index in [1.807, 2.05) is 29.6 Å². The highest BCUT2D eigenvalue weighted by molar-refractivity contribution is 7.98. The van der Waals surface area contributed by atoms with Crippen LogP contribution in [0, 0.1) is 0 Å². The summed E-state index contributed by atoms with van der Waals surface area (Å²) in [4.78, 5) is 25.2. The summed E-state index contributed by atoms with van der Waals surface area (Å²) < 4.78 is 5.25. The van der Waals surface area contributed by atoms with Gasteiger partial charge in [0.25, 0.3) is 5.91 Å². The molecule has 0 unspecified atom stereocenters. The van der Waals surface area contributed by atoms with Gasteiger partial charge in [-0.3, -0.25) is 9.59 Å². The number of amides is 2. The Morgan fingerprint density at radius 1 is 1.11 bits per heavy atom. The molecule has 0 fully saturated rings. The van der Waals surface area contributed by atoms with Crippen molar-refractivity contribution in [3.8, 4) is 5.75 Å². The van der Waals surface area contributed by atoms with Crippen LogP contribution in [-0.2, 0) is 10.5 Å². The van der Waals surface area contributed by atoms with Gasteiger partial charge in [0.1, 0.15) is 5.75 Å². The lowest BCUT2D eigenvalue weighted by Crippen LogP contribution is -2.14. The van der Waals surface area contributed by atoms with E-state index in [-0.39, 0.29) is 11.8 Å². The van der Waals surface area contributed by atoms with E-state index in [0.29, 0.717) is 22.7 Å². The van der Waals surface area contributed by atoms with Crippen LogP contribution in [0.25, 0.3) is 0 Å². The van der Waals surface area contributed by atoms with Gasteiger partial charge >= 0.3 is 0 Å². The number of carbonyl (C=O) groups excluding carboxylic acids is 2. The minimum atomic E-state index is -0.211. The third-order valence-corrected chi connectivity index (χ3v) is 5.75. The zero-order chi connectivity index (χ0) is 19.9. The quantitative estimate of drug-likeness (QED) is 0.520. The third-order valence-electron chi connectivity index (χ3n) is 3.87. The van der Waals surface area contributed by atoms with Crippen molar-refractivity contribution in [2.24, 2.45) is 0 Å².